The van der Waals surface area contributed by atoms with Crippen molar-refractivity contribution >= 4 is 5.91 Å². The predicted octanol–water partition coefficient (Wildman–Crippen LogP) is 0.736. The highest BCUT2D eigenvalue weighted by atomic mass is 16.2. The van der Waals surface area contributed by atoms with Gasteiger partial charge < -0.3 is 10.6 Å². The molecule has 2 aliphatic rings. The van der Waals surface area contributed by atoms with Crippen LogP contribution in [0.4, 0.5) is 0 Å². The summed E-state index contributed by atoms with van der Waals surface area (Å²) in [5.74, 6) is 0.691. The lowest BCUT2D eigenvalue weighted by molar-refractivity contribution is -0.134. The highest BCUT2D eigenvalue weighted by molar-refractivity contribution is 5.79. The van der Waals surface area contributed by atoms with E-state index in [0.29, 0.717) is 11.8 Å². The fourth-order valence-electron chi connectivity index (χ4n) is 2.42. The average Bonchev–Trinajstić information content (AvgIpc) is 2.72. The molecule has 3 heteroatoms. The summed E-state index contributed by atoms with van der Waals surface area (Å²) < 4.78 is 0. The zero-order valence-electron chi connectivity index (χ0n) is 8.04. The minimum atomic E-state index is 0.227. The molecule has 1 saturated heterocycles. The summed E-state index contributed by atoms with van der Waals surface area (Å²) in [7, 11) is 0. The molecule has 74 valence electrons. The monoisotopic (exact) mass is 182 g/mol. The molecule has 1 aliphatic heterocycles. The van der Waals surface area contributed by atoms with Crippen molar-refractivity contribution < 1.29 is 4.79 Å². The van der Waals surface area contributed by atoms with Crippen molar-refractivity contribution in [2.24, 2.45) is 11.7 Å². The number of carbonyl (C=O) groups is 1. The van der Waals surface area contributed by atoms with E-state index in [1.54, 1.807) is 0 Å². The SMILES string of the molecule is N[C@@H]1CCN(C(=O)C2CCCC2)C1. The van der Waals surface area contributed by atoms with Crippen LogP contribution in [0.3, 0.4) is 0 Å². The third kappa shape index (κ3) is 1.85. The van der Waals surface area contributed by atoms with Crippen molar-refractivity contribution in [1.82, 2.24) is 4.90 Å². The van der Waals surface area contributed by atoms with Crippen molar-refractivity contribution in [2.75, 3.05) is 13.1 Å². The van der Waals surface area contributed by atoms with E-state index in [9.17, 15) is 4.79 Å². The molecular weight excluding hydrogens is 164 g/mol. The maximum atomic E-state index is 11.9. The maximum Gasteiger partial charge on any atom is 0.225 e. The van der Waals surface area contributed by atoms with E-state index in [0.717, 1.165) is 32.4 Å². The normalized spacial score (nSPS) is 29.9. The van der Waals surface area contributed by atoms with Gasteiger partial charge in [-0.05, 0) is 19.3 Å². The molecule has 3 nitrogen and oxygen atoms in total. The summed E-state index contributed by atoms with van der Waals surface area (Å²) in [4.78, 5) is 13.8. The summed E-state index contributed by atoms with van der Waals surface area (Å²) >= 11 is 0. The summed E-state index contributed by atoms with van der Waals surface area (Å²) in [6, 6.07) is 0.227. The predicted molar refractivity (Wildman–Crippen MR) is 51.1 cm³/mol. The molecule has 0 bridgehead atoms. The Kier molecular flexibility index (Phi) is 2.54. The van der Waals surface area contributed by atoms with Gasteiger partial charge in [0.25, 0.3) is 0 Å². The number of likely N-dealkylation sites (tertiary alicyclic amines) is 1. The zero-order chi connectivity index (χ0) is 9.26. The fraction of sp³-hybridized carbons (Fsp3) is 0.900. The number of amides is 1. The number of hydrogen-bond donors (Lipinski definition) is 1. The second-order valence-corrected chi connectivity index (χ2v) is 4.31. The second kappa shape index (κ2) is 3.66. The molecule has 2 fully saturated rings. The number of carbonyl (C=O) groups excluding carboxylic acids is 1. The van der Waals surface area contributed by atoms with E-state index in [4.69, 9.17) is 5.73 Å². The molecule has 0 spiro atoms. The molecule has 1 atom stereocenters. The van der Waals surface area contributed by atoms with Crippen LogP contribution in [0.25, 0.3) is 0 Å². The van der Waals surface area contributed by atoms with Crippen LogP contribution in [-0.2, 0) is 4.79 Å². The molecule has 1 amide bonds. The number of nitrogens with two attached hydrogens (primary N) is 1. The molecule has 1 aliphatic carbocycles. The van der Waals surface area contributed by atoms with Crippen LogP contribution >= 0.6 is 0 Å². The summed E-state index contributed by atoms with van der Waals surface area (Å²) in [6.45, 7) is 1.67. The van der Waals surface area contributed by atoms with Gasteiger partial charge in [0.2, 0.25) is 5.91 Å². The highest BCUT2D eigenvalue weighted by Gasteiger charge is 2.30. The van der Waals surface area contributed by atoms with Crippen LogP contribution in [0.15, 0.2) is 0 Å². The van der Waals surface area contributed by atoms with Gasteiger partial charge >= 0.3 is 0 Å². The van der Waals surface area contributed by atoms with Gasteiger partial charge in [-0.3, -0.25) is 4.79 Å². The van der Waals surface area contributed by atoms with Gasteiger partial charge in [-0.15, -0.1) is 0 Å². The van der Waals surface area contributed by atoms with Crippen LogP contribution in [0.5, 0.6) is 0 Å². The zero-order valence-corrected chi connectivity index (χ0v) is 8.04. The topological polar surface area (TPSA) is 46.3 Å². The smallest absolute Gasteiger partial charge is 0.225 e. The van der Waals surface area contributed by atoms with Gasteiger partial charge in [0, 0.05) is 25.0 Å². The van der Waals surface area contributed by atoms with Gasteiger partial charge in [-0.2, -0.15) is 0 Å². The van der Waals surface area contributed by atoms with Crippen molar-refractivity contribution in [3.8, 4) is 0 Å². The van der Waals surface area contributed by atoms with E-state index in [-0.39, 0.29) is 6.04 Å². The molecular formula is C10H18N2O. The Hall–Kier alpha value is -0.570. The van der Waals surface area contributed by atoms with Crippen molar-refractivity contribution in [1.29, 1.82) is 0 Å². The van der Waals surface area contributed by atoms with Crippen LogP contribution < -0.4 is 5.73 Å². The Morgan fingerprint density at radius 3 is 2.46 bits per heavy atom. The third-order valence-corrected chi connectivity index (χ3v) is 3.24. The van der Waals surface area contributed by atoms with Crippen molar-refractivity contribution in [2.45, 2.75) is 38.1 Å². The average molecular weight is 182 g/mol. The minimum Gasteiger partial charge on any atom is -0.341 e. The summed E-state index contributed by atoms with van der Waals surface area (Å²) in [5, 5.41) is 0. The Bertz CT molecular complexity index is 199. The summed E-state index contributed by atoms with van der Waals surface area (Å²) in [6.07, 6.45) is 5.65. The lowest BCUT2D eigenvalue weighted by Crippen LogP contribution is -2.35. The standard InChI is InChI=1S/C10H18N2O/c11-9-5-6-12(7-9)10(13)8-3-1-2-4-8/h8-9H,1-7,11H2/t9-/m1/s1. The largest absolute Gasteiger partial charge is 0.341 e. The second-order valence-electron chi connectivity index (χ2n) is 4.31. The van der Waals surface area contributed by atoms with Gasteiger partial charge in [0.05, 0.1) is 0 Å². The first-order chi connectivity index (χ1) is 6.27. The van der Waals surface area contributed by atoms with E-state index in [1.807, 2.05) is 4.90 Å². The maximum absolute atomic E-state index is 11.9. The molecule has 1 saturated carbocycles. The lowest BCUT2D eigenvalue weighted by Gasteiger charge is -2.19. The van der Waals surface area contributed by atoms with Gasteiger partial charge in [0.15, 0.2) is 0 Å². The van der Waals surface area contributed by atoms with E-state index in [1.165, 1.54) is 12.8 Å². The van der Waals surface area contributed by atoms with Gasteiger partial charge in [-0.1, -0.05) is 12.8 Å². The van der Waals surface area contributed by atoms with E-state index >= 15 is 0 Å². The fourth-order valence-corrected chi connectivity index (χ4v) is 2.42. The third-order valence-electron chi connectivity index (χ3n) is 3.24. The first-order valence-corrected chi connectivity index (χ1v) is 5.32. The minimum absolute atomic E-state index is 0.227. The first kappa shape index (κ1) is 9.00. The number of rotatable bonds is 1. The molecule has 0 aromatic rings. The molecule has 0 aromatic heterocycles. The molecule has 2 N–H and O–H groups in total. The Labute approximate surface area is 79.3 Å². The number of hydrogen-bond acceptors (Lipinski definition) is 2. The summed E-state index contributed by atoms with van der Waals surface area (Å²) in [5.41, 5.74) is 5.77. The molecule has 0 radical (unpaired) electrons. The van der Waals surface area contributed by atoms with Gasteiger partial charge in [0.1, 0.15) is 0 Å². The van der Waals surface area contributed by atoms with Crippen LogP contribution in [-0.4, -0.2) is 29.9 Å². The highest BCUT2D eigenvalue weighted by Crippen LogP contribution is 2.27. The van der Waals surface area contributed by atoms with E-state index in [2.05, 4.69) is 0 Å². The Balaban J connectivity index is 1.89. The lowest BCUT2D eigenvalue weighted by atomic mass is 10.1. The van der Waals surface area contributed by atoms with E-state index < -0.39 is 0 Å². The first-order valence-electron chi connectivity index (χ1n) is 5.32. The van der Waals surface area contributed by atoms with Crippen LogP contribution in [0.2, 0.25) is 0 Å². The Morgan fingerprint density at radius 1 is 1.23 bits per heavy atom. The van der Waals surface area contributed by atoms with Crippen LogP contribution in [0.1, 0.15) is 32.1 Å². The van der Waals surface area contributed by atoms with Crippen molar-refractivity contribution in [3.05, 3.63) is 0 Å². The number of nitrogens with zero attached hydrogens (tertiary/aromatic N) is 1. The van der Waals surface area contributed by atoms with Crippen LogP contribution in [0, 0.1) is 5.92 Å². The quantitative estimate of drug-likeness (QED) is 0.650. The molecule has 13 heavy (non-hydrogen) atoms. The molecule has 2 rings (SSSR count). The molecule has 1 heterocycles. The Morgan fingerprint density at radius 2 is 1.92 bits per heavy atom. The van der Waals surface area contributed by atoms with Crippen molar-refractivity contribution in [3.63, 3.8) is 0 Å². The molecule has 0 unspecified atom stereocenters. The van der Waals surface area contributed by atoms with Gasteiger partial charge in [-0.25, -0.2) is 0 Å². The molecule has 0 aromatic carbocycles.